The van der Waals surface area contributed by atoms with E-state index in [-0.39, 0.29) is 0 Å². The number of amides is 1. The number of ketones is 1. The topological polar surface area (TPSA) is 46.2 Å². The van der Waals surface area contributed by atoms with Crippen LogP contribution in [0.2, 0.25) is 0 Å². The lowest BCUT2D eigenvalue weighted by Crippen LogP contribution is -2.20. The van der Waals surface area contributed by atoms with Gasteiger partial charge in [-0.15, -0.1) is 0 Å². The molecule has 0 unspecified atom stereocenters. The van der Waals surface area contributed by atoms with E-state index in [0.29, 0.717) is 11.3 Å². The summed E-state index contributed by atoms with van der Waals surface area (Å²) in [5.74, 6) is -1.07. The summed E-state index contributed by atoms with van der Waals surface area (Å²) in [4.78, 5) is 23.8. The summed E-state index contributed by atoms with van der Waals surface area (Å²) >= 11 is 3.37. The summed E-state index contributed by atoms with van der Waals surface area (Å²) in [5.41, 5.74) is 2.55. The van der Waals surface area contributed by atoms with Crippen molar-refractivity contribution in [2.45, 2.75) is 0 Å². The van der Waals surface area contributed by atoms with E-state index in [0.717, 1.165) is 15.6 Å². The molecule has 3 rings (SSSR count). The van der Waals surface area contributed by atoms with Crippen LogP contribution >= 0.6 is 15.9 Å². The van der Waals surface area contributed by atoms with Crippen LogP contribution < -0.4 is 5.32 Å². The molecule has 0 bridgehead atoms. The number of carbonyl (C=O) groups excluding carboxylic acids is 2. The molecule has 0 radical (unpaired) electrons. The van der Waals surface area contributed by atoms with Crippen LogP contribution in [0.1, 0.15) is 11.1 Å². The van der Waals surface area contributed by atoms with Gasteiger partial charge in [-0.2, -0.15) is 0 Å². The number of halogens is 1. The molecule has 0 saturated heterocycles. The van der Waals surface area contributed by atoms with E-state index >= 15 is 0 Å². The van der Waals surface area contributed by atoms with E-state index in [9.17, 15) is 9.59 Å². The van der Waals surface area contributed by atoms with Gasteiger partial charge in [-0.1, -0.05) is 58.4 Å². The number of nitrogens with one attached hydrogen (secondary N) is 1. The van der Waals surface area contributed by atoms with Gasteiger partial charge in [0, 0.05) is 4.47 Å². The molecule has 2 aromatic rings. The largest absolute Gasteiger partial charge is 0.318 e. The minimum Gasteiger partial charge on any atom is -0.318 e. The average molecular weight is 328 g/mol. The first kappa shape index (κ1) is 12.8. The lowest BCUT2D eigenvalue weighted by atomic mass is 9.99. The highest BCUT2D eigenvalue weighted by Gasteiger charge is 2.32. The lowest BCUT2D eigenvalue weighted by Gasteiger charge is -2.06. The molecule has 2 aromatic carbocycles. The van der Waals surface area contributed by atoms with Gasteiger partial charge < -0.3 is 5.32 Å². The smallest absolute Gasteiger partial charge is 0.296 e. The molecule has 1 amide bonds. The van der Waals surface area contributed by atoms with Crippen molar-refractivity contribution in [1.29, 1.82) is 0 Å². The third-order valence-corrected chi connectivity index (χ3v) is 3.65. The molecule has 0 fully saturated rings. The van der Waals surface area contributed by atoms with E-state index < -0.39 is 11.7 Å². The highest BCUT2D eigenvalue weighted by atomic mass is 79.9. The van der Waals surface area contributed by atoms with Crippen LogP contribution in [0.3, 0.4) is 0 Å². The normalized spacial score (nSPS) is 14.7. The second-order valence-electron chi connectivity index (χ2n) is 4.41. The van der Waals surface area contributed by atoms with Gasteiger partial charge in [0.15, 0.2) is 0 Å². The van der Waals surface area contributed by atoms with Gasteiger partial charge in [-0.05, 0) is 23.3 Å². The summed E-state index contributed by atoms with van der Waals surface area (Å²) in [7, 11) is 0. The predicted molar refractivity (Wildman–Crippen MR) is 80.5 cm³/mol. The standard InChI is InChI=1S/C16H10BrNO2/c17-12-8-6-11(7-9-12)14-13(15(19)16(20)18-14)10-4-2-1-3-5-10/h1-9H,(H,18,19,20). The van der Waals surface area contributed by atoms with Crippen molar-refractivity contribution in [3.63, 3.8) is 0 Å². The molecule has 0 spiro atoms. The molecule has 1 aliphatic rings. The van der Waals surface area contributed by atoms with Crippen molar-refractivity contribution in [1.82, 2.24) is 5.32 Å². The van der Waals surface area contributed by atoms with E-state index in [1.165, 1.54) is 0 Å². The number of benzene rings is 2. The van der Waals surface area contributed by atoms with Gasteiger partial charge in [0.25, 0.3) is 11.7 Å². The Bertz CT molecular complexity index is 718. The molecule has 0 saturated carbocycles. The Hall–Kier alpha value is -2.20. The van der Waals surface area contributed by atoms with Gasteiger partial charge in [0.05, 0.1) is 11.3 Å². The molecule has 20 heavy (non-hydrogen) atoms. The van der Waals surface area contributed by atoms with Gasteiger partial charge in [-0.3, -0.25) is 9.59 Å². The highest BCUT2D eigenvalue weighted by molar-refractivity contribution is 9.10. The van der Waals surface area contributed by atoms with Crippen LogP contribution in [0, 0.1) is 0 Å². The summed E-state index contributed by atoms with van der Waals surface area (Å²) in [6, 6.07) is 16.7. The Morgan fingerprint density at radius 2 is 1.45 bits per heavy atom. The quantitative estimate of drug-likeness (QED) is 0.862. The van der Waals surface area contributed by atoms with Crippen LogP contribution in [0.5, 0.6) is 0 Å². The number of hydrogen-bond acceptors (Lipinski definition) is 2. The van der Waals surface area contributed by atoms with Crippen LogP contribution in [0.15, 0.2) is 59.1 Å². The van der Waals surface area contributed by atoms with Crippen molar-refractivity contribution >= 4 is 38.9 Å². The Morgan fingerprint density at radius 3 is 2.10 bits per heavy atom. The molecule has 0 atom stereocenters. The summed E-state index contributed by atoms with van der Waals surface area (Å²) in [6.07, 6.45) is 0. The molecule has 4 heteroatoms. The number of hydrogen-bond donors (Lipinski definition) is 1. The summed E-state index contributed by atoms with van der Waals surface area (Å²) in [5, 5.41) is 2.66. The van der Waals surface area contributed by atoms with E-state index in [1.54, 1.807) is 0 Å². The van der Waals surface area contributed by atoms with Crippen molar-refractivity contribution in [2.75, 3.05) is 0 Å². The first-order chi connectivity index (χ1) is 9.66. The second-order valence-corrected chi connectivity index (χ2v) is 5.32. The maximum Gasteiger partial charge on any atom is 0.296 e. The van der Waals surface area contributed by atoms with E-state index in [4.69, 9.17) is 0 Å². The van der Waals surface area contributed by atoms with Crippen LogP contribution in [0.25, 0.3) is 11.3 Å². The first-order valence-corrected chi connectivity index (χ1v) is 6.87. The average Bonchev–Trinajstić information content (AvgIpc) is 2.77. The Kier molecular flexibility index (Phi) is 3.24. The molecule has 0 aliphatic carbocycles. The third-order valence-electron chi connectivity index (χ3n) is 3.12. The minimum atomic E-state index is -0.582. The molecule has 1 aliphatic heterocycles. The number of Topliss-reactive ketones (excluding diaryl/α,β-unsaturated/α-hetero) is 1. The Morgan fingerprint density at radius 1 is 0.800 bits per heavy atom. The zero-order valence-corrected chi connectivity index (χ0v) is 12.0. The van der Waals surface area contributed by atoms with Gasteiger partial charge in [-0.25, -0.2) is 0 Å². The maximum atomic E-state index is 12.1. The van der Waals surface area contributed by atoms with Crippen LogP contribution in [-0.4, -0.2) is 11.7 Å². The van der Waals surface area contributed by atoms with Gasteiger partial charge >= 0.3 is 0 Å². The molecular weight excluding hydrogens is 318 g/mol. The zero-order chi connectivity index (χ0) is 14.1. The van der Waals surface area contributed by atoms with Crippen LogP contribution in [0.4, 0.5) is 0 Å². The molecule has 0 aromatic heterocycles. The SMILES string of the molecule is O=C1NC(c2ccc(Br)cc2)=C(c2ccccc2)C1=O. The maximum absolute atomic E-state index is 12.1. The summed E-state index contributed by atoms with van der Waals surface area (Å²) in [6.45, 7) is 0. The highest BCUT2D eigenvalue weighted by Crippen LogP contribution is 2.30. The Labute approximate surface area is 124 Å². The Balaban J connectivity index is 2.18. The summed E-state index contributed by atoms with van der Waals surface area (Å²) < 4.78 is 0.943. The number of carbonyl (C=O) groups is 2. The fraction of sp³-hybridized carbons (Fsp3) is 0. The van der Waals surface area contributed by atoms with Gasteiger partial charge in [0.2, 0.25) is 0 Å². The fourth-order valence-electron chi connectivity index (χ4n) is 2.17. The van der Waals surface area contributed by atoms with Crippen molar-refractivity contribution in [3.05, 3.63) is 70.2 Å². The second kappa shape index (κ2) is 5.06. The molecule has 3 nitrogen and oxygen atoms in total. The van der Waals surface area contributed by atoms with Crippen molar-refractivity contribution < 1.29 is 9.59 Å². The minimum absolute atomic E-state index is 0.429. The zero-order valence-electron chi connectivity index (χ0n) is 10.4. The predicted octanol–water partition coefficient (Wildman–Crippen LogP) is 3.02. The number of rotatable bonds is 2. The monoisotopic (exact) mass is 327 g/mol. The van der Waals surface area contributed by atoms with Gasteiger partial charge in [0.1, 0.15) is 0 Å². The van der Waals surface area contributed by atoms with Crippen molar-refractivity contribution in [3.8, 4) is 0 Å². The van der Waals surface area contributed by atoms with Crippen LogP contribution in [-0.2, 0) is 9.59 Å². The van der Waals surface area contributed by atoms with Crippen molar-refractivity contribution in [2.24, 2.45) is 0 Å². The molecule has 1 N–H and O–H groups in total. The van der Waals surface area contributed by atoms with E-state index in [1.807, 2.05) is 54.6 Å². The lowest BCUT2D eigenvalue weighted by molar-refractivity contribution is -0.133. The third kappa shape index (κ3) is 2.18. The fourth-order valence-corrected chi connectivity index (χ4v) is 2.44. The molecular formula is C16H10BrNO2. The van der Waals surface area contributed by atoms with E-state index in [2.05, 4.69) is 21.2 Å². The first-order valence-electron chi connectivity index (χ1n) is 6.08. The molecule has 98 valence electrons. The molecule has 1 heterocycles.